The van der Waals surface area contributed by atoms with Gasteiger partial charge in [-0.05, 0) is 19.4 Å². The van der Waals surface area contributed by atoms with Crippen molar-refractivity contribution in [2.45, 2.75) is 39.3 Å². The molecule has 0 aliphatic rings. The Morgan fingerprint density at radius 2 is 2.18 bits per heavy atom. The van der Waals surface area contributed by atoms with Gasteiger partial charge in [0.25, 0.3) is 0 Å². The third-order valence-electron chi connectivity index (χ3n) is 2.69. The Morgan fingerprint density at radius 3 is 2.88 bits per heavy atom. The second-order valence-corrected chi connectivity index (χ2v) is 4.28. The minimum atomic E-state index is 0.549. The second-order valence-electron chi connectivity index (χ2n) is 4.28. The van der Waals surface area contributed by atoms with Gasteiger partial charge in [0.1, 0.15) is 12.4 Å². The summed E-state index contributed by atoms with van der Waals surface area (Å²) in [6, 6.07) is 8.70. The van der Waals surface area contributed by atoms with Crippen molar-refractivity contribution >= 4 is 0 Å². The van der Waals surface area contributed by atoms with E-state index in [0.29, 0.717) is 12.6 Å². The molecular formula is C15H23NO. The van der Waals surface area contributed by atoms with Crippen LogP contribution in [0.3, 0.4) is 0 Å². The summed E-state index contributed by atoms with van der Waals surface area (Å²) in [6.07, 6.45) is 4.18. The molecule has 0 bridgehead atoms. The SMILES string of the molecule is C=CCOc1ccccc1CNC(C)CCC. The summed E-state index contributed by atoms with van der Waals surface area (Å²) in [5, 5.41) is 3.51. The molecule has 1 atom stereocenters. The molecular weight excluding hydrogens is 210 g/mol. The van der Waals surface area contributed by atoms with Crippen molar-refractivity contribution in [2.24, 2.45) is 0 Å². The molecule has 17 heavy (non-hydrogen) atoms. The average molecular weight is 233 g/mol. The molecule has 0 aromatic heterocycles. The zero-order valence-corrected chi connectivity index (χ0v) is 10.9. The van der Waals surface area contributed by atoms with E-state index in [-0.39, 0.29) is 0 Å². The molecule has 1 rings (SSSR count). The van der Waals surface area contributed by atoms with Crippen LogP contribution in [0.4, 0.5) is 0 Å². The molecule has 0 radical (unpaired) electrons. The predicted molar refractivity (Wildman–Crippen MR) is 73.3 cm³/mol. The first-order valence-electron chi connectivity index (χ1n) is 6.33. The largest absolute Gasteiger partial charge is 0.489 e. The highest BCUT2D eigenvalue weighted by Gasteiger charge is 2.04. The van der Waals surface area contributed by atoms with E-state index in [0.717, 1.165) is 12.3 Å². The average Bonchev–Trinajstić information content (AvgIpc) is 2.35. The van der Waals surface area contributed by atoms with Crippen molar-refractivity contribution in [2.75, 3.05) is 6.61 Å². The van der Waals surface area contributed by atoms with E-state index >= 15 is 0 Å². The topological polar surface area (TPSA) is 21.3 Å². The smallest absolute Gasteiger partial charge is 0.124 e. The minimum absolute atomic E-state index is 0.549. The lowest BCUT2D eigenvalue weighted by Crippen LogP contribution is -2.25. The summed E-state index contributed by atoms with van der Waals surface area (Å²) in [4.78, 5) is 0. The Balaban J connectivity index is 2.53. The number of hydrogen-bond acceptors (Lipinski definition) is 2. The van der Waals surface area contributed by atoms with Gasteiger partial charge in [0.15, 0.2) is 0 Å². The Morgan fingerprint density at radius 1 is 1.41 bits per heavy atom. The van der Waals surface area contributed by atoms with Crippen molar-refractivity contribution in [1.29, 1.82) is 0 Å². The fraction of sp³-hybridized carbons (Fsp3) is 0.467. The second kappa shape index (κ2) is 7.91. The normalized spacial score (nSPS) is 12.1. The van der Waals surface area contributed by atoms with Crippen LogP contribution in [0.1, 0.15) is 32.3 Å². The molecule has 2 heteroatoms. The van der Waals surface area contributed by atoms with E-state index in [4.69, 9.17) is 4.74 Å². The Labute approximate surface area is 105 Å². The van der Waals surface area contributed by atoms with Crippen LogP contribution in [-0.2, 0) is 6.54 Å². The summed E-state index contributed by atoms with van der Waals surface area (Å²) in [5.41, 5.74) is 1.21. The fourth-order valence-electron chi connectivity index (χ4n) is 1.76. The molecule has 0 saturated carbocycles. The summed E-state index contributed by atoms with van der Waals surface area (Å²) in [5.74, 6) is 0.948. The summed E-state index contributed by atoms with van der Waals surface area (Å²) >= 11 is 0. The number of benzene rings is 1. The molecule has 0 spiro atoms. The van der Waals surface area contributed by atoms with Gasteiger partial charge >= 0.3 is 0 Å². The first-order valence-corrected chi connectivity index (χ1v) is 6.33. The van der Waals surface area contributed by atoms with Crippen LogP contribution in [0.5, 0.6) is 5.75 Å². The first-order chi connectivity index (χ1) is 8.27. The van der Waals surface area contributed by atoms with Gasteiger partial charge in [0.2, 0.25) is 0 Å². The monoisotopic (exact) mass is 233 g/mol. The van der Waals surface area contributed by atoms with Crippen molar-refractivity contribution in [3.05, 3.63) is 42.5 Å². The number of rotatable bonds is 8. The molecule has 0 fully saturated rings. The Hall–Kier alpha value is -1.28. The van der Waals surface area contributed by atoms with E-state index < -0.39 is 0 Å². The van der Waals surface area contributed by atoms with Gasteiger partial charge < -0.3 is 10.1 Å². The fourth-order valence-corrected chi connectivity index (χ4v) is 1.76. The quantitative estimate of drug-likeness (QED) is 0.694. The van der Waals surface area contributed by atoms with E-state index in [1.165, 1.54) is 18.4 Å². The van der Waals surface area contributed by atoms with E-state index in [9.17, 15) is 0 Å². The third kappa shape index (κ3) is 5.05. The Kier molecular flexibility index (Phi) is 6.41. The molecule has 1 aromatic carbocycles. The molecule has 1 unspecified atom stereocenters. The number of hydrogen-bond donors (Lipinski definition) is 1. The third-order valence-corrected chi connectivity index (χ3v) is 2.69. The van der Waals surface area contributed by atoms with Crippen molar-refractivity contribution in [3.63, 3.8) is 0 Å². The minimum Gasteiger partial charge on any atom is -0.489 e. The lowest BCUT2D eigenvalue weighted by atomic mass is 10.1. The van der Waals surface area contributed by atoms with Crippen molar-refractivity contribution < 1.29 is 4.74 Å². The summed E-state index contributed by atoms with van der Waals surface area (Å²) < 4.78 is 5.62. The molecule has 0 amide bonds. The molecule has 94 valence electrons. The van der Waals surface area contributed by atoms with Crippen LogP contribution in [-0.4, -0.2) is 12.6 Å². The van der Waals surface area contributed by atoms with Gasteiger partial charge in [0.05, 0.1) is 0 Å². The van der Waals surface area contributed by atoms with Crippen LogP contribution in [0.15, 0.2) is 36.9 Å². The maximum absolute atomic E-state index is 5.62. The maximum atomic E-state index is 5.62. The highest BCUT2D eigenvalue weighted by molar-refractivity contribution is 5.33. The highest BCUT2D eigenvalue weighted by atomic mass is 16.5. The first kappa shape index (κ1) is 13.8. The van der Waals surface area contributed by atoms with Crippen molar-refractivity contribution in [3.8, 4) is 5.75 Å². The molecule has 0 heterocycles. The van der Waals surface area contributed by atoms with Gasteiger partial charge in [-0.2, -0.15) is 0 Å². The van der Waals surface area contributed by atoms with Gasteiger partial charge in [-0.1, -0.05) is 44.2 Å². The molecule has 1 N–H and O–H groups in total. The summed E-state index contributed by atoms with van der Waals surface area (Å²) in [7, 11) is 0. The number of nitrogens with one attached hydrogen (secondary N) is 1. The van der Waals surface area contributed by atoms with E-state index in [1.54, 1.807) is 6.08 Å². The van der Waals surface area contributed by atoms with Crippen LogP contribution in [0, 0.1) is 0 Å². The van der Waals surface area contributed by atoms with Crippen LogP contribution < -0.4 is 10.1 Å². The van der Waals surface area contributed by atoms with Gasteiger partial charge in [-0.25, -0.2) is 0 Å². The van der Waals surface area contributed by atoms with Crippen LogP contribution in [0.25, 0.3) is 0 Å². The maximum Gasteiger partial charge on any atom is 0.124 e. The number of para-hydroxylation sites is 1. The van der Waals surface area contributed by atoms with Gasteiger partial charge in [-0.15, -0.1) is 0 Å². The van der Waals surface area contributed by atoms with Gasteiger partial charge in [-0.3, -0.25) is 0 Å². The molecule has 0 aliphatic carbocycles. The van der Waals surface area contributed by atoms with Gasteiger partial charge in [0, 0.05) is 18.2 Å². The molecule has 2 nitrogen and oxygen atoms in total. The summed E-state index contributed by atoms with van der Waals surface area (Å²) in [6.45, 7) is 9.50. The lowest BCUT2D eigenvalue weighted by Gasteiger charge is -2.15. The highest BCUT2D eigenvalue weighted by Crippen LogP contribution is 2.18. The van der Waals surface area contributed by atoms with E-state index in [1.807, 2.05) is 18.2 Å². The zero-order valence-electron chi connectivity index (χ0n) is 10.9. The number of ether oxygens (including phenoxy) is 1. The van der Waals surface area contributed by atoms with Crippen molar-refractivity contribution in [1.82, 2.24) is 5.32 Å². The zero-order chi connectivity index (χ0) is 12.5. The van der Waals surface area contributed by atoms with Crippen LogP contribution >= 0.6 is 0 Å². The lowest BCUT2D eigenvalue weighted by molar-refractivity contribution is 0.356. The van der Waals surface area contributed by atoms with E-state index in [2.05, 4.69) is 31.8 Å². The Bertz CT molecular complexity index is 335. The predicted octanol–water partition coefficient (Wildman–Crippen LogP) is 3.53. The standard InChI is InChI=1S/C15H23NO/c1-4-8-13(3)16-12-14-9-6-7-10-15(14)17-11-5-2/h5-7,9-10,13,16H,2,4,8,11-12H2,1,3H3. The van der Waals surface area contributed by atoms with Crippen LogP contribution in [0.2, 0.25) is 0 Å². The molecule has 0 saturated heterocycles. The molecule has 1 aromatic rings. The molecule has 0 aliphatic heterocycles.